The molecule has 3 heteroatoms. The van der Waals surface area contributed by atoms with Gasteiger partial charge in [-0.25, -0.2) is 0 Å². The van der Waals surface area contributed by atoms with Crippen LogP contribution in [0.1, 0.15) is 13.8 Å². The van der Waals surface area contributed by atoms with Crippen molar-refractivity contribution >= 4 is 45.9 Å². The van der Waals surface area contributed by atoms with Gasteiger partial charge in [-0.2, -0.15) is 0 Å². The first kappa shape index (κ1) is 13.8. The standard InChI is InChI=1S/C6H4I.2C2H5.Al.ClH/c7-6-4-2-1-3-5-6;2*1-2;;/h1-2,4-5H;2*1H2,2H3;;1H/q;;;+1;/p-1. The van der Waals surface area contributed by atoms with Gasteiger partial charge >= 0.3 is 13.2 Å². The largest absolute Gasteiger partial charge is 0.399 e. The summed E-state index contributed by atoms with van der Waals surface area (Å²) in [6, 6.07) is 10.8. The highest BCUT2D eigenvalue weighted by molar-refractivity contribution is 14.1. The molecule has 0 saturated heterocycles. The van der Waals surface area contributed by atoms with Crippen molar-refractivity contribution in [3.05, 3.63) is 33.9 Å². The molecule has 0 N–H and O–H groups in total. The fourth-order valence-electron chi connectivity index (χ4n) is 0.660. The Morgan fingerprint density at radius 3 is 2.23 bits per heavy atom. The van der Waals surface area contributed by atoms with Gasteiger partial charge < -0.3 is 0 Å². The first-order valence-electron chi connectivity index (χ1n) is 4.46. The van der Waals surface area contributed by atoms with E-state index in [2.05, 4.69) is 42.5 Å². The zero-order valence-electron chi connectivity index (χ0n) is 8.06. The summed E-state index contributed by atoms with van der Waals surface area (Å²) in [6.07, 6.45) is 0. The molecule has 1 aromatic carbocycles. The van der Waals surface area contributed by atoms with Gasteiger partial charge in [-0.15, -0.1) is 0 Å². The maximum atomic E-state index is 5.79. The van der Waals surface area contributed by atoms with E-state index in [-0.39, 0.29) is 0 Å². The molecule has 0 bridgehead atoms. The second-order valence-electron chi connectivity index (χ2n) is 2.64. The first-order chi connectivity index (χ1) is 6.20. The summed E-state index contributed by atoms with van der Waals surface area (Å²) in [5.74, 6) is 0. The van der Waals surface area contributed by atoms with Crippen molar-refractivity contribution < 1.29 is 0 Å². The van der Waals surface area contributed by atoms with E-state index in [4.69, 9.17) is 10.0 Å². The number of hydrogen-bond donors (Lipinski definition) is 0. The van der Waals surface area contributed by atoms with Gasteiger partial charge in [0.05, 0.1) is 0 Å². The van der Waals surface area contributed by atoms with Crippen LogP contribution in [-0.4, -0.2) is 13.2 Å². The Bertz CT molecular complexity index is 199. The third kappa shape index (κ3) is 9.09. The summed E-state index contributed by atoms with van der Waals surface area (Å²) in [5, 5.41) is 2.47. The fraction of sp³-hybridized carbons (Fsp3) is 0.400. The lowest BCUT2D eigenvalue weighted by Crippen LogP contribution is -1.95. The SMILES string of the molecule is C[CH2][Al]([Cl])[CH2]C.Ic1c[c]ccc1. The summed E-state index contributed by atoms with van der Waals surface area (Å²) < 4.78 is 1.24. The molecule has 0 nitrogen and oxygen atoms in total. The van der Waals surface area contributed by atoms with Gasteiger partial charge in [-0.1, -0.05) is 36.5 Å². The normalized spacial score (nSPS) is 8.62. The number of benzene rings is 1. The van der Waals surface area contributed by atoms with Crippen molar-refractivity contribution in [1.29, 1.82) is 0 Å². The predicted octanol–water partition coefficient (Wildman–Crippen LogP) is 4.35. The molecule has 0 heterocycles. The van der Waals surface area contributed by atoms with Crippen molar-refractivity contribution in [3.63, 3.8) is 0 Å². The minimum Gasteiger partial charge on any atom is -0.261 e. The summed E-state index contributed by atoms with van der Waals surface area (Å²) >= 11 is 1.56. The van der Waals surface area contributed by atoms with Crippen LogP contribution in [0.5, 0.6) is 0 Å². The lowest BCUT2D eigenvalue weighted by atomic mass is 10.4. The van der Waals surface area contributed by atoms with Crippen LogP contribution in [0.4, 0.5) is 0 Å². The van der Waals surface area contributed by atoms with E-state index in [1.165, 1.54) is 14.1 Å². The minimum absolute atomic E-state index is 0.688. The van der Waals surface area contributed by atoms with Crippen LogP contribution in [0.25, 0.3) is 0 Å². The van der Waals surface area contributed by atoms with E-state index in [0.717, 1.165) is 0 Å². The van der Waals surface area contributed by atoms with Crippen LogP contribution in [0, 0.1) is 9.64 Å². The molecular formula is C10H14AlClI. The third-order valence-electron chi connectivity index (χ3n) is 1.56. The second-order valence-corrected chi connectivity index (χ2v) is 8.56. The Balaban J connectivity index is 0.000000226. The highest BCUT2D eigenvalue weighted by atomic mass is 127. The topological polar surface area (TPSA) is 0 Å². The molecule has 0 aliphatic rings. The van der Waals surface area contributed by atoms with Crippen LogP contribution in [-0.2, 0) is 0 Å². The van der Waals surface area contributed by atoms with Crippen molar-refractivity contribution in [3.8, 4) is 0 Å². The molecular weight excluding hydrogens is 309 g/mol. The van der Waals surface area contributed by atoms with Crippen molar-refractivity contribution in [1.82, 2.24) is 0 Å². The molecule has 71 valence electrons. The molecule has 1 aromatic rings. The molecule has 0 unspecified atom stereocenters. The molecule has 0 spiro atoms. The molecule has 0 fully saturated rings. The molecule has 0 atom stereocenters. The maximum Gasteiger partial charge on any atom is 0.399 e. The monoisotopic (exact) mass is 323 g/mol. The van der Waals surface area contributed by atoms with Crippen molar-refractivity contribution in [2.75, 3.05) is 0 Å². The van der Waals surface area contributed by atoms with E-state index >= 15 is 0 Å². The molecule has 0 aliphatic heterocycles. The minimum atomic E-state index is -0.688. The van der Waals surface area contributed by atoms with E-state index in [1.807, 2.05) is 24.3 Å². The van der Waals surface area contributed by atoms with E-state index in [9.17, 15) is 0 Å². The average molecular weight is 324 g/mol. The quantitative estimate of drug-likeness (QED) is 0.561. The van der Waals surface area contributed by atoms with Crippen LogP contribution >= 0.6 is 32.6 Å². The Morgan fingerprint density at radius 1 is 1.46 bits per heavy atom. The zero-order chi connectivity index (χ0) is 10.1. The molecule has 13 heavy (non-hydrogen) atoms. The average Bonchev–Trinajstić information content (AvgIpc) is 2.19. The molecule has 0 aliphatic carbocycles. The lowest BCUT2D eigenvalue weighted by Gasteiger charge is -1.86. The predicted molar refractivity (Wildman–Crippen MR) is 70.6 cm³/mol. The highest BCUT2D eigenvalue weighted by Gasteiger charge is 2.04. The summed E-state index contributed by atoms with van der Waals surface area (Å²) in [6.45, 7) is 4.32. The maximum absolute atomic E-state index is 5.79. The fourth-order valence-corrected chi connectivity index (χ4v) is 1.62. The Kier molecular flexibility index (Phi) is 9.89. The summed E-state index contributed by atoms with van der Waals surface area (Å²) in [7, 11) is 5.79. The smallest absolute Gasteiger partial charge is 0.261 e. The first-order valence-corrected chi connectivity index (χ1v) is 8.92. The molecule has 0 amide bonds. The second kappa shape index (κ2) is 9.33. The van der Waals surface area contributed by atoms with Crippen LogP contribution in [0.3, 0.4) is 0 Å². The Morgan fingerprint density at radius 2 is 2.08 bits per heavy atom. The van der Waals surface area contributed by atoms with Crippen LogP contribution in [0.15, 0.2) is 24.3 Å². The van der Waals surface area contributed by atoms with Crippen LogP contribution < -0.4 is 0 Å². The van der Waals surface area contributed by atoms with E-state index in [1.54, 1.807) is 0 Å². The summed E-state index contributed by atoms with van der Waals surface area (Å²) in [4.78, 5) is 0. The van der Waals surface area contributed by atoms with Gasteiger partial charge in [0.25, 0.3) is 0 Å². The van der Waals surface area contributed by atoms with Gasteiger partial charge in [0, 0.05) is 3.57 Å². The van der Waals surface area contributed by atoms with Gasteiger partial charge in [-0.05, 0) is 40.8 Å². The van der Waals surface area contributed by atoms with Gasteiger partial charge in [0.15, 0.2) is 0 Å². The van der Waals surface area contributed by atoms with Gasteiger partial charge in [-0.3, -0.25) is 10.0 Å². The Hall–Kier alpha value is 0.772. The van der Waals surface area contributed by atoms with Gasteiger partial charge in [0.2, 0.25) is 0 Å². The third-order valence-corrected chi connectivity index (χ3v) is 5.85. The molecule has 1 radical (unpaired) electrons. The molecule has 0 aromatic heterocycles. The van der Waals surface area contributed by atoms with Crippen molar-refractivity contribution in [2.24, 2.45) is 0 Å². The van der Waals surface area contributed by atoms with Crippen LogP contribution in [0.2, 0.25) is 10.6 Å². The molecule has 1 rings (SSSR count). The van der Waals surface area contributed by atoms with E-state index < -0.39 is 13.2 Å². The summed E-state index contributed by atoms with van der Waals surface area (Å²) in [5.41, 5.74) is 0. The number of rotatable bonds is 2. The van der Waals surface area contributed by atoms with Gasteiger partial charge in [0.1, 0.15) is 0 Å². The van der Waals surface area contributed by atoms with Crippen molar-refractivity contribution in [2.45, 2.75) is 24.4 Å². The number of hydrogen-bond acceptors (Lipinski definition) is 0. The number of halogens is 2. The highest BCUT2D eigenvalue weighted by Crippen LogP contribution is 2.00. The lowest BCUT2D eigenvalue weighted by molar-refractivity contribution is 1.35. The zero-order valence-corrected chi connectivity index (χ0v) is 12.1. The van der Waals surface area contributed by atoms with E-state index in [0.29, 0.717) is 0 Å². The Labute approximate surface area is 103 Å². The molecule has 0 saturated carbocycles.